The molecule has 1 aromatic rings. The number of alkyl carbamates (subject to hydrolysis) is 1. The SMILES string of the molecule is C=Cc1ccc2c(c1)C[C@H](NC(=O)OC(C)(C)C)CC2. The summed E-state index contributed by atoms with van der Waals surface area (Å²) in [6.45, 7) is 9.42. The van der Waals surface area contributed by atoms with Gasteiger partial charge < -0.3 is 10.1 Å². The van der Waals surface area contributed by atoms with Gasteiger partial charge in [0, 0.05) is 6.04 Å². The van der Waals surface area contributed by atoms with Crippen molar-refractivity contribution in [2.45, 2.75) is 51.7 Å². The van der Waals surface area contributed by atoms with Crippen LogP contribution >= 0.6 is 0 Å². The number of benzene rings is 1. The number of aryl methyl sites for hydroxylation is 1. The van der Waals surface area contributed by atoms with Gasteiger partial charge in [-0.1, -0.05) is 30.9 Å². The van der Waals surface area contributed by atoms with Crippen LogP contribution in [0.4, 0.5) is 4.79 Å². The monoisotopic (exact) mass is 273 g/mol. The van der Waals surface area contributed by atoms with E-state index in [2.05, 4.69) is 30.1 Å². The molecule has 0 aliphatic heterocycles. The van der Waals surface area contributed by atoms with Crippen LogP contribution in [0.3, 0.4) is 0 Å². The van der Waals surface area contributed by atoms with Gasteiger partial charge in [-0.25, -0.2) is 4.79 Å². The van der Waals surface area contributed by atoms with Crippen LogP contribution in [0.5, 0.6) is 0 Å². The molecule has 108 valence electrons. The van der Waals surface area contributed by atoms with E-state index >= 15 is 0 Å². The zero-order chi connectivity index (χ0) is 14.8. The molecule has 0 heterocycles. The van der Waals surface area contributed by atoms with E-state index < -0.39 is 5.60 Å². The highest BCUT2D eigenvalue weighted by Gasteiger charge is 2.23. The standard InChI is InChI=1S/C17H23NO2/c1-5-12-6-7-13-8-9-15(11-14(13)10-12)18-16(19)20-17(2,3)4/h5-7,10,15H,1,8-9,11H2,2-4H3,(H,18,19)/t15-/m1/s1. The van der Waals surface area contributed by atoms with E-state index in [1.54, 1.807) is 0 Å². The number of rotatable bonds is 2. The Balaban J connectivity index is 2.00. The van der Waals surface area contributed by atoms with Crippen molar-refractivity contribution in [3.05, 3.63) is 41.5 Å². The predicted molar refractivity (Wildman–Crippen MR) is 81.7 cm³/mol. The van der Waals surface area contributed by atoms with Crippen LogP contribution in [0.2, 0.25) is 0 Å². The summed E-state index contributed by atoms with van der Waals surface area (Å²) in [4.78, 5) is 11.8. The third-order valence-corrected chi connectivity index (χ3v) is 3.42. The quantitative estimate of drug-likeness (QED) is 0.892. The minimum absolute atomic E-state index is 0.150. The minimum atomic E-state index is -0.452. The first-order valence-electron chi connectivity index (χ1n) is 7.11. The van der Waals surface area contributed by atoms with Crippen molar-refractivity contribution in [3.8, 4) is 0 Å². The largest absolute Gasteiger partial charge is 0.444 e. The fourth-order valence-electron chi connectivity index (χ4n) is 2.50. The lowest BCUT2D eigenvalue weighted by Gasteiger charge is -2.27. The van der Waals surface area contributed by atoms with E-state index in [1.807, 2.05) is 26.8 Å². The summed E-state index contributed by atoms with van der Waals surface area (Å²) in [5.74, 6) is 0. The van der Waals surface area contributed by atoms with E-state index in [9.17, 15) is 4.79 Å². The van der Waals surface area contributed by atoms with E-state index in [1.165, 1.54) is 11.1 Å². The number of fused-ring (bicyclic) bond motifs is 1. The molecule has 0 saturated heterocycles. The second-order valence-corrected chi connectivity index (χ2v) is 6.32. The highest BCUT2D eigenvalue weighted by Crippen LogP contribution is 2.23. The molecule has 1 amide bonds. The van der Waals surface area contributed by atoms with Crippen LogP contribution in [0.1, 0.15) is 43.9 Å². The van der Waals surface area contributed by atoms with E-state index in [4.69, 9.17) is 4.74 Å². The van der Waals surface area contributed by atoms with Crippen LogP contribution in [-0.4, -0.2) is 17.7 Å². The maximum atomic E-state index is 11.8. The Kier molecular flexibility index (Phi) is 4.17. The molecular formula is C17H23NO2. The number of ether oxygens (including phenoxy) is 1. The Labute approximate surface area is 121 Å². The minimum Gasteiger partial charge on any atom is -0.444 e. The number of nitrogens with one attached hydrogen (secondary N) is 1. The molecule has 3 heteroatoms. The molecule has 1 aliphatic rings. The van der Waals surface area contributed by atoms with E-state index in [-0.39, 0.29) is 12.1 Å². The number of carbonyl (C=O) groups excluding carboxylic acids is 1. The zero-order valence-electron chi connectivity index (χ0n) is 12.5. The number of amides is 1. The Morgan fingerprint density at radius 1 is 1.40 bits per heavy atom. The van der Waals surface area contributed by atoms with Crippen molar-refractivity contribution >= 4 is 12.2 Å². The highest BCUT2D eigenvalue weighted by molar-refractivity contribution is 5.68. The van der Waals surface area contributed by atoms with Crippen LogP contribution in [0.15, 0.2) is 24.8 Å². The molecule has 2 rings (SSSR count). The van der Waals surface area contributed by atoms with Gasteiger partial charge in [0.2, 0.25) is 0 Å². The summed E-state index contributed by atoms with van der Waals surface area (Å²) in [6, 6.07) is 6.56. The average molecular weight is 273 g/mol. The van der Waals surface area contributed by atoms with Gasteiger partial charge in [0.05, 0.1) is 0 Å². The van der Waals surface area contributed by atoms with Crippen LogP contribution in [0.25, 0.3) is 6.08 Å². The molecular weight excluding hydrogens is 250 g/mol. The molecule has 0 bridgehead atoms. The number of carbonyl (C=O) groups is 1. The molecule has 0 unspecified atom stereocenters. The molecule has 0 aromatic heterocycles. The molecule has 0 saturated carbocycles. The fraction of sp³-hybridized carbons (Fsp3) is 0.471. The Bertz CT molecular complexity index is 514. The molecule has 20 heavy (non-hydrogen) atoms. The van der Waals surface area contributed by atoms with Gasteiger partial charge in [0.1, 0.15) is 5.60 Å². The van der Waals surface area contributed by atoms with Crippen molar-refractivity contribution in [3.63, 3.8) is 0 Å². The molecule has 1 N–H and O–H groups in total. The third kappa shape index (κ3) is 3.86. The summed E-state index contributed by atoms with van der Waals surface area (Å²) < 4.78 is 5.31. The third-order valence-electron chi connectivity index (χ3n) is 3.42. The summed E-state index contributed by atoms with van der Waals surface area (Å²) in [6.07, 6.45) is 4.33. The fourth-order valence-corrected chi connectivity index (χ4v) is 2.50. The van der Waals surface area contributed by atoms with Gasteiger partial charge in [-0.3, -0.25) is 0 Å². The summed E-state index contributed by atoms with van der Waals surface area (Å²) in [7, 11) is 0. The van der Waals surface area contributed by atoms with Crippen LogP contribution in [0, 0.1) is 0 Å². The Morgan fingerprint density at radius 2 is 2.15 bits per heavy atom. The molecule has 0 spiro atoms. The second-order valence-electron chi connectivity index (χ2n) is 6.32. The maximum Gasteiger partial charge on any atom is 0.407 e. The van der Waals surface area contributed by atoms with Gasteiger partial charge in [-0.05, 0) is 56.7 Å². The van der Waals surface area contributed by atoms with Crippen LogP contribution in [-0.2, 0) is 17.6 Å². The predicted octanol–water partition coefficient (Wildman–Crippen LogP) is 3.71. The Hall–Kier alpha value is -1.77. The van der Waals surface area contributed by atoms with Gasteiger partial charge in [0.25, 0.3) is 0 Å². The normalized spacial score (nSPS) is 18.1. The smallest absolute Gasteiger partial charge is 0.407 e. The molecule has 1 atom stereocenters. The molecule has 0 radical (unpaired) electrons. The first-order chi connectivity index (χ1) is 9.37. The summed E-state index contributed by atoms with van der Waals surface area (Å²) >= 11 is 0. The highest BCUT2D eigenvalue weighted by atomic mass is 16.6. The lowest BCUT2D eigenvalue weighted by molar-refractivity contribution is 0.0500. The topological polar surface area (TPSA) is 38.3 Å². The second kappa shape index (κ2) is 5.70. The van der Waals surface area contributed by atoms with Crippen molar-refractivity contribution in [1.82, 2.24) is 5.32 Å². The maximum absolute atomic E-state index is 11.8. The van der Waals surface area contributed by atoms with Gasteiger partial charge in [0.15, 0.2) is 0 Å². The van der Waals surface area contributed by atoms with Gasteiger partial charge in [-0.2, -0.15) is 0 Å². The van der Waals surface area contributed by atoms with Crippen molar-refractivity contribution < 1.29 is 9.53 Å². The molecule has 1 aliphatic carbocycles. The first-order valence-corrected chi connectivity index (χ1v) is 7.11. The summed E-state index contributed by atoms with van der Waals surface area (Å²) in [5.41, 5.74) is 3.35. The lowest BCUT2D eigenvalue weighted by atomic mass is 9.87. The molecule has 0 fully saturated rings. The molecule has 1 aromatic carbocycles. The number of hydrogen-bond acceptors (Lipinski definition) is 2. The first kappa shape index (κ1) is 14.6. The zero-order valence-corrected chi connectivity index (χ0v) is 12.5. The van der Waals surface area contributed by atoms with E-state index in [0.717, 1.165) is 24.8 Å². The lowest BCUT2D eigenvalue weighted by Crippen LogP contribution is -2.41. The van der Waals surface area contributed by atoms with E-state index in [0.29, 0.717) is 0 Å². The van der Waals surface area contributed by atoms with Crippen molar-refractivity contribution in [1.29, 1.82) is 0 Å². The van der Waals surface area contributed by atoms with Crippen molar-refractivity contribution in [2.24, 2.45) is 0 Å². The van der Waals surface area contributed by atoms with Crippen molar-refractivity contribution in [2.75, 3.05) is 0 Å². The number of hydrogen-bond donors (Lipinski definition) is 1. The summed E-state index contributed by atoms with van der Waals surface area (Å²) in [5, 5.41) is 2.97. The molecule has 3 nitrogen and oxygen atoms in total. The average Bonchev–Trinajstić information content (AvgIpc) is 2.35. The Morgan fingerprint density at radius 3 is 2.80 bits per heavy atom. The van der Waals surface area contributed by atoms with Gasteiger partial charge in [-0.15, -0.1) is 0 Å². The van der Waals surface area contributed by atoms with Gasteiger partial charge >= 0.3 is 6.09 Å². The van der Waals surface area contributed by atoms with Crippen LogP contribution < -0.4 is 5.32 Å².